The van der Waals surface area contributed by atoms with Crippen LogP contribution in [0.15, 0.2) is 0 Å². The first kappa shape index (κ1) is 12.4. The highest BCUT2D eigenvalue weighted by molar-refractivity contribution is 5.84. The number of nitrogens with zero attached hydrogens (tertiary/aromatic N) is 1. The molecule has 0 bridgehead atoms. The fourth-order valence-corrected chi connectivity index (χ4v) is 2.60. The Morgan fingerprint density at radius 1 is 1.59 bits per heavy atom. The summed E-state index contributed by atoms with van der Waals surface area (Å²) in [4.78, 5) is 25.2. The normalized spacial score (nSPS) is 27.5. The standard InChI is InChI=1S/C12H21N3O2/c1-15-7-9(3-4-10(15)16)14-11(17)12(8-13)5-2-6-12/h9H,2-8,13H2,1H3,(H,14,17). The Kier molecular flexibility index (Phi) is 3.38. The van der Waals surface area contributed by atoms with Gasteiger partial charge in [0.2, 0.25) is 11.8 Å². The van der Waals surface area contributed by atoms with E-state index < -0.39 is 0 Å². The zero-order chi connectivity index (χ0) is 12.5. The molecule has 2 rings (SSSR count). The summed E-state index contributed by atoms with van der Waals surface area (Å²) in [5, 5.41) is 3.05. The van der Waals surface area contributed by atoms with Crippen LogP contribution in [0.2, 0.25) is 0 Å². The van der Waals surface area contributed by atoms with Gasteiger partial charge >= 0.3 is 0 Å². The van der Waals surface area contributed by atoms with Gasteiger partial charge < -0.3 is 16.0 Å². The van der Waals surface area contributed by atoms with E-state index in [-0.39, 0.29) is 23.3 Å². The van der Waals surface area contributed by atoms with Crippen LogP contribution >= 0.6 is 0 Å². The predicted octanol–water partition coefficient (Wildman–Crippen LogP) is -0.148. The molecular formula is C12H21N3O2. The molecule has 1 saturated heterocycles. The van der Waals surface area contributed by atoms with Crippen LogP contribution in [0, 0.1) is 5.41 Å². The molecule has 1 saturated carbocycles. The fraction of sp³-hybridized carbons (Fsp3) is 0.833. The van der Waals surface area contributed by atoms with E-state index in [1.54, 1.807) is 11.9 Å². The first-order valence-electron chi connectivity index (χ1n) is 6.32. The third-order valence-corrected chi connectivity index (χ3v) is 4.14. The molecule has 1 heterocycles. The van der Waals surface area contributed by atoms with Gasteiger partial charge in [0.15, 0.2) is 0 Å². The van der Waals surface area contributed by atoms with Gasteiger partial charge in [-0.15, -0.1) is 0 Å². The van der Waals surface area contributed by atoms with Crippen molar-refractivity contribution in [3.63, 3.8) is 0 Å². The zero-order valence-corrected chi connectivity index (χ0v) is 10.4. The van der Waals surface area contributed by atoms with E-state index in [4.69, 9.17) is 5.73 Å². The summed E-state index contributed by atoms with van der Waals surface area (Å²) in [6.45, 7) is 1.05. The van der Waals surface area contributed by atoms with E-state index >= 15 is 0 Å². The highest BCUT2D eigenvalue weighted by atomic mass is 16.2. The molecule has 0 radical (unpaired) electrons. The predicted molar refractivity (Wildman–Crippen MR) is 64.1 cm³/mol. The van der Waals surface area contributed by atoms with Crippen LogP contribution in [0.1, 0.15) is 32.1 Å². The van der Waals surface area contributed by atoms with E-state index in [2.05, 4.69) is 5.32 Å². The minimum absolute atomic E-state index is 0.0824. The Morgan fingerprint density at radius 3 is 2.76 bits per heavy atom. The number of amides is 2. The van der Waals surface area contributed by atoms with Gasteiger partial charge in [0.05, 0.1) is 5.41 Å². The molecule has 5 nitrogen and oxygen atoms in total. The van der Waals surface area contributed by atoms with Crippen molar-refractivity contribution in [2.75, 3.05) is 20.1 Å². The van der Waals surface area contributed by atoms with E-state index in [1.165, 1.54) is 0 Å². The third kappa shape index (κ3) is 2.29. The minimum Gasteiger partial charge on any atom is -0.351 e. The molecule has 0 spiro atoms. The van der Waals surface area contributed by atoms with Crippen LogP contribution < -0.4 is 11.1 Å². The molecule has 3 N–H and O–H groups in total. The van der Waals surface area contributed by atoms with Crippen molar-refractivity contribution in [1.82, 2.24) is 10.2 Å². The van der Waals surface area contributed by atoms with Gasteiger partial charge in [-0.05, 0) is 19.3 Å². The van der Waals surface area contributed by atoms with E-state index in [9.17, 15) is 9.59 Å². The second-order valence-corrected chi connectivity index (χ2v) is 5.32. The molecule has 1 unspecified atom stereocenters. The van der Waals surface area contributed by atoms with Crippen LogP contribution in [-0.2, 0) is 9.59 Å². The van der Waals surface area contributed by atoms with Crippen molar-refractivity contribution >= 4 is 11.8 Å². The molecule has 2 aliphatic rings. The molecule has 5 heteroatoms. The first-order valence-corrected chi connectivity index (χ1v) is 6.32. The van der Waals surface area contributed by atoms with Crippen LogP contribution in [0.4, 0.5) is 0 Å². The van der Waals surface area contributed by atoms with Gasteiger partial charge in [0.1, 0.15) is 0 Å². The van der Waals surface area contributed by atoms with Gasteiger partial charge in [-0.3, -0.25) is 9.59 Å². The molecule has 1 aliphatic heterocycles. The summed E-state index contributed by atoms with van der Waals surface area (Å²) >= 11 is 0. The average Bonchev–Trinajstić information content (AvgIpc) is 2.23. The number of carbonyl (C=O) groups excluding carboxylic acids is 2. The highest BCUT2D eigenvalue weighted by Crippen LogP contribution is 2.40. The second-order valence-electron chi connectivity index (χ2n) is 5.32. The quantitative estimate of drug-likeness (QED) is 0.719. The lowest BCUT2D eigenvalue weighted by molar-refractivity contribution is -0.139. The molecule has 2 fully saturated rings. The Balaban J connectivity index is 1.89. The van der Waals surface area contributed by atoms with Gasteiger partial charge in [-0.2, -0.15) is 0 Å². The smallest absolute Gasteiger partial charge is 0.227 e. The summed E-state index contributed by atoms with van der Waals surface area (Å²) in [5.41, 5.74) is 5.38. The Morgan fingerprint density at radius 2 is 2.29 bits per heavy atom. The zero-order valence-electron chi connectivity index (χ0n) is 10.4. The molecule has 0 aromatic heterocycles. The maximum absolute atomic E-state index is 12.1. The molecular weight excluding hydrogens is 218 g/mol. The molecule has 17 heavy (non-hydrogen) atoms. The van der Waals surface area contributed by atoms with Crippen LogP contribution in [0.3, 0.4) is 0 Å². The summed E-state index contributed by atoms with van der Waals surface area (Å²) in [7, 11) is 1.78. The minimum atomic E-state index is -0.319. The number of nitrogens with two attached hydrogens (primary N) is 1. The Bertz CT molecular complexity index is 320. The molecule has 1 aliphatic carbocycles. The SMILES string of the molecule is CN1CC(NC(=O)C2(CN)CCC2)CCC1=O. The molecule has 0 aromatic rings. The Labute approximate surface area is 102 Å². The number of rotatable bonds is 3. The molecule has 2 amide bonds. The number of likely N-dealkylation sites (tertiary alicyclic amines) is 1. The summed E-state index contributed by atoms with van der Waals surface area (Å²) < 4.78 is 0. The maximum atomic E-state index is 12.1. The average molecular weight is 239 g/mol. The number of hydrogen-bond donors (Lipinski definition) is 2. The number of hydrogen-bond acceptors (Lipinski definition) is 3. The molecule has 1 atom stereocenters. The Hall–Kier alpha value is -1.10. The van der Waals surface area contributed by atoms with Crippen molar-refractivity contribution in [3.05, 3.63) is 0 Å². The van der Waals surface area contributed by atoms with E-state index in [0.717, 1.165) is 25.7 Å². The second kappa shape index (κ2) is 4.64. The fourth-order valence-electron chi connectivity index (χ4n) is 2.60. The van der Waals surface area contributed by atoms with Crippen molar-refractivity contribution in [2.24, 2.45) is 11.1 Å². The lowest BCUT2D eigenvalue weighted by atomic mass is 9.68. The van der Waals surface area contributed by atoms with Gasteiger partial charge in [0.25, 0.3) is 0 Å². The number of nitrogens with one attached hydrogen (secondary N) is 1. The number of carbonyl (C=O) groups is 2. The summed E-state index contributed by atoms with van der Waals surface area (Å²) in [6.07, 6.45) is 4.16. The lowest BCUT2D eigenvalue weighted by Crippen LogP contribution is -2.56. The van der Waals surface area contributed by atoms with Gasteiger partial charge in [-0.25, -0.2) is 0 Å². The van der Waals surface area contributed by atoms with E-state index in [1.807, 2.05) is 0 Å². The number of piperidine rings is 1. The lowest BCUT2D eigenvalue weighted by Gasteiger charge is -2.41. The van der Waals surface area contributed by atoms with Crippen LogP contribution in [-0.4, -0.2) is 42.9 Å². The topological polar surface area (TPSA) is 75.4 Å². The number of likely N-dealkylation sites (N-methyl/N-ethyl adjacent to an activating group) is 1. The third-order valence-electron chi connectivity index (χ3n) is 4.14. The van der Waals surface area contributed by atoms with Crippen LogP contribution in [0.5, 0.6) is 0 Å². The maximum Gasteiger partial charge on any atom is 0.227 e. The van der Waals surface area contributed by atoms with Crippen molar-refractivity contribution < 1.29 is 9.59 Å². The highest BCUT2D eigenvalue weighted by Gasteiger charge is 2.43. The van der Waals surface area contributed by atoms with Crippen LogP contribution in [0.25, 0.3) is 0 Å². The summed E-state index contributed by atoms with van der Waals surface area (Å²) in [6, 6.07) is 0.0919. The van der Waals surface area contributed by atoms with Crippen molar-refractivity contribution in [3.8, 4) is 0 Å². The first-order chi connectivity index (χ1) is 8.07. The van der Waals surface area contributed by atoms with Gasteiger partial charge in [-0.1, -0.05) is 6.42 Å². The van der Waals surface area contributed by atoms with E-state index in [0.29, 0.717) is 19.5 Å². The van der Waals surface area contributed by atoms with Crippen molar-refractivity contribution in [1.29, 1.82) is 0 Å². The van der Waals surface area contributed by atoms with Gasteiger partial charge in [0, 0.05) is 32.6 Å². The monoisotopic (exact) mass is 239 g/mol. The largest absolute Gasteiger partial charge is 0.351 e. The van der Waals surface area contributed by atoms with Crippen molar-refractivity contribution in [2.45, 2.75) is 38.1 Å². The molecule has 0 aromatic carbocycles. The summed E-state index contributed by atoms with van der Waals surface area (Å²) in [5.74, 6) is 0.242. The molecule has 96 valence electrons.